The van der Waals surface area contributed by atoms with Gasteiger partial charge in [-0.3, -0.25) is 4.79 Å². The third-order valence-electron chi connectivity index (χ3n) is 2.98. The number of aromatic carboxylic acids is 1. The highest BCUT2D eigenvalue weighted by molar-refractivity contribution is 9.10. The Kier molecular flexibility index (Phi) is 4.28. The van der Waals surface area contributed by atoms with E-state index in [1.54, 1.807) is 37.3 Å². The Morgan fingerprint density at radius 2 is 1.90 bits per heavy atom. The predicted molar refractivity (Wildman–Crippen MR) is 84.6 cm³/mol. The first-order valence-electron chi connectivity index (χ1n) is 6.09. The zero-order valence-electron chi connectivity index (χ0n) is 11.2. The molecule has 0 aliphatic carbocycles. The third-order valence-corrected chi connectivity index (χ3v) is 3.66. The number of benzene rings is 2. The molecule has 21 heavy (non-hydrogen) atoms. The highest BCUT2D eigenvalue weighted by Crippen LogP contribution is 2.21. The van der Waals surface area contributed by atoms with Crippen molar-refractivity contribution >= 4 is 39.2 Å². The average Bonchev–Trinajstić information content (AvgIpc) is 2.41. The molecule has 0 atom stereocenters. The van der Waals surface area contributed by atoms with E-state index in [4.69, 9.17) is 10.8 Å². The minimum Gasteiger partial charge on any atom is -0.478 e. The van der Waals surface area contributed by atoms with Crippen LogP contribution in [-0.4, -0.2) is 17.0 Å². The number of nitrogens with one attached hydrogen (secondary N) is 1. The Morgan fingerprint density at radius 3 is 2.48 bits per heavy atom. The van der Waals surface area contributed by atoms with E-state index in [9.17, 15) is 9.59 Å². The lowest BCUT2D eigenvalue weighted by atomic mass is 10.1. The second kappa shape index (κ2) is 5.97. The molecule has 5 nitrogen and oxygen atoms in total. The lowest BCUT2D eigenvalue weighted by Gasteiger charge is -2.08. The second-order valence-electron chi connectivity index (χ2n) is 4.53. The van der Waals surface area contributed by atoms with Crippen LogP contribution in [0.2, 0.25) is 0 Å². The summed E-state index contributed by atoms with van der Waals surface area (Å²) in [6, 6.07) is 9.52. The Hall–Kier alpha value is -2.34. The lowest BCUT2D eigenvalue weighted by molar-refractivity contribution is 0.0696. The largest absolute Gasteiger partial charge is 0.478 e. The molecule has 4 N–H and O–H groups in total. The summed E-state index contributed by atoms with van der Waals surface area (Å²) in [6.45, 7) is 1.68. The summed E-state index contributed by atoms with van der Waals surface area (Å²) in [7, 11) is 0. The fraction of sp³-hybridized carbons (Fsp3) is 0.0667. The molecule has 0 aliphatic heterocycles. The number of carboxylic acids is 1. The molecule has 2 aromatic carbocycles. The minimum absolute atomic E-state index is 0.211. The molecule has 0 aliphatic rings. The van der Waals surface area contributed by atoms with Gasteiger partial charge < -0.3 is 16.2 Å². The first-order chi connectivity index (χ1) is 9.88. The Balaban J connectivity index is 2.21. The lowest BCUT2D eigenvalue weighted by Crippen LogP contribution is -2.12. The van der Waals surface area contributed by atoms with Gasteiger partial charge in [-0.2, -0.15) is 0 Å². The van der Waals surface area contributed by atoms with Gasteiger partial charge in [-0.05, 0) is 64.8 Å². The van der Waals surface area contributed by atoms with E-state index in [2.05, 4.69) is 21.2 Å². The van der Waals surface area contributed by atoms with E-state index in [1.165, 1.54) is 6.07 Å². The molecule has 0 saturated carbocycles. The summed E-state index contributed by atoms with van der Waals surface area (Å²) in [5.41, 5.74) is 8.01. The van der Waals surface area contributed by atoms with Gasteiger partial charge in [-0.1, -0.05) is 0 Å². The smallest absolute Gasteiger partial charge is 0.335 e. The highest BCUT2D eigenvalue weighted by atomic mass is 79.9. The van der Waals surface area contributed by atoms with Gasteiger partial charge in [0.1, 0.15) is 0 Å². The number of aryl methyl sites for hydroxylation is 1. The van der Waals surface area contributed by atoms with Crippen molar-refractivity contribution in [2.75, 3.05) is 11.1 Å². The van der Waals surface area contributed by atoms with Crippen molar-refractivity contribution in [2.45, 2.75) is 6.92 Å². The Morgan fingerprint density at radius 1 is 1.19 bits per heavy atom. The van der Waals surface area contributed by atoms with Crippen LogP contribution in [0.15, 0.2) is 40.9 Å². The number of anilines is 2. The number of carbonyl (C=O) groups is 2. The number of hydrogen-bond acceptors (Lipinski definition) is 3. The molecule has 6 heteroatoms. The quantitative estimate of drug-likeness (QED) is 0.742. The summed E-state index contributed by atoms with van der Waals surface area (Å²) in [5.74, 6) is -1.29. The minimum atomic E-state index is -0.993. The van der Waals surface area contributed by atoms with Crippen LogP contribution in [-0.2, 0) is 0 Å². The van der Waals surface area contributed by atoms with Gasteiger partial charge in [-0.15, -0.1) is 0 Å². The van der Waals surface area contributed by atoms with E-state index < -0.39 is 5.97 Å². The summed E-state index contributed by atoms with van der Waals surface area (Å²) in [5, 5.41) is 11.7. The SMILES string of the molecule is Cc1cc(NC(=O)c2ccc(N)c(Br)c2)ccc1C(=O)O. The van der Waals surface area contributed by atoms with E-state index in [1.807, 2.05) is 0 Å². The fourth-order valence-corrected chi connectivity index (χ4v) is 2.23. The van der Waals surface area contributed by atoms with Crippen molar-refractivity contribution in [3.05, 3.63) is 57.6 Å². The molecular weight excluding hydrogens is 336 g/mol. The molecular formula is C15H13BrN2O3. The van der Waals surface area contributed by atoms with Crippen molar-refractivity contribution in [1.29, 1.82) is 0 Å². The monoisotopic (exact) mass is 348 g/mol. The summed E-state index contributed by atoms with van der Waals surface area (Å²) < 4.78 is 0.646. The van der Waals surface area contributed by atoms with Crippen LogP contribution in [0.3, 0.4) is 0 Å². The van der Waals surface area contributed by atoms with Gasteiger partial charge in [0.05, 0.1) is 5.56 Å². The summed E-state index contributed by atoms with van der Waals surface area (Å²) in [6.07, 6.45) is 0. The van der Waals surface area contributed by atoms with Crippen molar-refractivity contribution in [3.8, 4) is 0 Å². The third kappa shape index (κ3) is 3.41. The van der Waals surface area contributed by atoms with Crippen LogP contribution in [0.4, 0.5) is 11.4 Å². The predicted octanol–water partition coefficient (Wildman–Crippen LogP) is 3.29. The Labute approximate surface area is 129 Å². The summed E-state index contributed by atoms with van der Waals surface area (Å²) >= 11 is 3.27. The van der Waals surface area contributed by atoms with Crippen molar-refractivity contribution in [3.63, 3.8) is 0 Å². The van der Waals surface area contributed by atoms with Crippen LogP contribution in [0.25, 0.3) is 0 Å². The Bertz CT molecular complexity index is 729. The maximum Gasteiger partial charge on any atom is 0.335 e. The van der Waals surface area contributed by atoms with E-state index >= 15 is 0 Å². The molecule has 0 heterocycles. The van der Waals surface area contributed by atoms with Crippen molar-refractivity contribution < 1.29 is 14.7 Å². The number of amides is 1. The zero-order valence-corrected chi connectivity index (χ0v) is 12.8. The van der Waals surface area contributed by atoms with Crippen LogP contribution in [0.1, 0.15) is 26.3 Å². The molecule has 0 fully saturated rings. The van der Waals surface area contributed by atoms with E-state index in [-0.39, 0.29) is 11.5 Å². The van der Waals surface area contributed by atoms with E-state index in [0.717, 1.165) is 0 Å². The molecule has 0 aromatic heterocycles. The first-order valence-corrected chi connectivity index (χ1v) is 6.88. The van der Waals surface area contributed by atoms with Crippen molar-refractivity contribution in [1.82, 2.24) is 0 Å². The van der Waals surface area contributed by atoms with E-state index in [0.29, 0.717) is 27.0 Å². The molecule has 0 bridgehead atoms. The maximum absolute atomic E-state index is 12.1. The van der Waals surface area contributed by atoms with Crippen molar-refractivity contribution in [2.24, 2.45) is 0 Å². The van der Waals surface area contributed by atoms with Crippen LogP contribution >= 0.6 is 15.9 Å². The number of halogens is 1. The van der Waals surface area contributed by atoms with Gasteiger partial charge in [-0.25, -0.2) is 4.79 Å². The standard InChI is InChI=1S/C15H13BrN2O3/c1-8-6-10(3-4-11(8)15(20)21)18-14(19)9-2-5-13(17)12(16)7-9/h2-7H,17H2,1H3,(H,18,19)(H,20,21). The topological polar surface area (TPSA) is 92.4 Å². The number of carbonyl (C=O) groups excluding carboxylic acids is 1. The maximum atomic E-state index is 12.1. The van der Waals surface area contributed by atoms with Crippen LogP contribution < -0.4 is 11.1 Å². The molecule has 0 spiro atoms. The molecule has 108 valence electrons. The first kappa shape index (κ1) is 15.1. The van der Waals surface area contributed by atoms with Gasteiger partial charge in [0, 0.05) is 21.4 Å². The van der Waals surface area contributed by atoms with Gasteiger partial charge >= 0.3 is 5.97 Å². The number of nitrogens with two attached hydrogens (primary N) is 1. The molecule has 0 saturated heterocycles. The molecule has 0 radical (unpaired) electrons. The van der Waals surface area contributed by atoms with Gasteiger partial charge in [0.2, 0.25) is 0 Å². The zero-order chi connectivity index (χ0) is 15.6. The number of rotatable bonds is 3. The van der Waals surface area contributed by atoms with Crippen LogP contribution in [0.5, 0.6) is 0 Å². The number of hydrogen-bond donors (Lipinski definition) is 3. The molecule has 2 rings (SSSR count). The van der Waals surface area contributed by atoms with Crippen LogP contribution in [0, 0.1) is 6.92 Å². The molecule has 1 amide bonds. The summed E-state index contributed by atoms with van der Waals surface area (Å²) in [4.78, 5) is 23.1. The fourth-order valence-electron chi connectivity index (χ4n) is 1.85. The van der Waals surface area contributed by atoms with Gasteiger partial charge in [0.25, 0.3) is 5.91 Å². The highest BCUT2D eigenvalue weighted by Gasteiger charge is 2.11. The number of carboxylic acid groups (broad SMARTS) is 1. The van der Waals surface area contributed by atoms with Gasteiger partial charge in [0.15, 0.2) is 0 Å². The number of nitrogen functional groups attached to an aromatic ring is 1. The molecule has 2 aromatic rings. The second-order valence-corrected chi connectivity index (χ2v) is 5.38. The average molecular weight is 349 g/mol. The molecule has 0 unspecified atom stereocenters. The normalized spacial score (nSPS) is 10.2.